The van der Waals surface area contributed by atoms with Gasteiger partial charge in [0.25, 0.3) is 0 Å². The summed E-state index contributed by atoms with van der Waals surface area (Å²) in [5, 5.41) is 12.3. The molecule has 1 amide bonds. The van der Waals surface area contributed by atoms with Crippen molar-refractivity contribution in [2.45, 2.75) is 38.4 Å². The topological polar surface area (TPSA) is 65.7 Å². The van der Waals surface area contributed by atoms with Gasteiger partial charge in [-0.2, -0.15) is 0 Å². The van der Waals surface area contributed by atoms with Crippen LogP contribution in [-0.2, 0) is 11.3 Å². The van der Waals surface area contributed by atoms with E-state index in [9.17, 15) is 4.79 Å². The molecule has 1 saturated heterocycles. The van der Waals surface area contributed by atoms with E-state index in [-0.39, 0.29) is 24.6 Å². The molecule has 0 bridgehead atoms. The van der Waals surface area contributed by atoms with Crippen molar-refractivity contribution >= 4 is 5.91 Å². The maximum absolute atomic E-state index is 12.3. The highest BCUT2D eigenvalue weighted by molar-refractivity contribution is 5.82. The van der Waals surface area contributed by atoms with Crippen LogP contribution in [0.5, 0.6) is 0 Å². The first kappa shape index (κ1) is 13.1. The van der Waals surface area contributed by atoms with Crippen LogP contribution in [-0.4, -0.2) is 41.1 Å². The quantitative estimate of drug-likeness (QED) is 0.829. The van der Waals surface area contributed by atoms with E-state index in [1.165, 1.54) is 0 Å². The molecule has 0 spiro atoms. The van der Waals surface area contributed by atoms with Gasteiger partial charge in [-0.1, -0.05) is 0 Å². The number of aliphatic hydroxyl groups excluding tert-OH is 1. The van der Waals surface area contributed by atoms with Gasteiger partial charge in [-0.25, -0.2) is 0 Å². The number of nitrogens with one attached hydrogen (secondary N) is 1. The summed E-state index contributed by atoms with van der Waals surface area (Å²) in [6.07, 6.45) is 2.98. The van der Waals surface area contributed by atoms with Crippen LogP contribution in [0.4, 0.5) is 0 Å². The van der Waals surface area contributed by atoms with E-state index in [1.54, 1.807) is 11.2 Å². The third kappa shape index (κ3) is 3.11. The first-order valence-electron chi connectivity index (χ1n) is 6.39. The Balaban J connectivity index is 2.06. The van der Waals surface area contributed by atoms with Gasteiger partial charge in [0, 0.05) is 19.2 Å². The number of rotatable bonds is 4. The minimum absolute atomic E-state index is 0.0186. The van der Waals surface area contributed by atoms with Crippen LogP contribution in [0.2, 0.25) is 0 Å². The first-order chi connectivity index (χ1) is 8.70. The standard InChI is InChI=1S/C13H20N2O3/c1-10-4-6-15(9-11-3-2-8-18-11)13(17)12(14-10)5-7-16/h2-3,8,10,12,14,16H,4-7,9H2,1H3. The van der Waals surface area contributed by atoms with E-state index in [4.69, 9.17) is 9.52 Å². The van der Waals surface area contributed by atoms with Gasteiger partial charge < -0.3 is 19.7 Å². The van der Waals surface area contributed by atoms with Crippen molar-refractivity contribution in [1.29, 1.82) is 0 Å². The Hall–Kier alpha value is -1.33. The lowest BCUT2D eigenvalue weighted by Gasteiger charge is -2.23. The summed E-state index contributed by atoms with van der Waals surface area (Å²) < 4.78 is 5.28. The van der Waals surface area contributed by atoms with Gasteiger partial charge in [-0.3, -0.25) is 4.79 Å². The van der Waals surface area contributed by atoms with Gasteiger partial charge in [0.15, 0.2) is 0 Å². The molecule has 2 rings (SSSR count). The van der Waals surface area contributed by atoms with Crippen LogP contribution in [0.1, 0.15) is 25.5 Å². The van der Waals surface area contributed by atoms with Crippen LogP contribution in [0.15, 0.2) is 22.8 Å². The minimum Gasteiger partial charge on any atom is -0.467 e. The molecule has 0 saturated carbocycles. The van der Waals surface area contributed by atoms with E-state index in [2.05, 4.69) is 12.2 Å². The second-order valence-electron chi connectivity index (χ2n) is 4.76. The zero-order valence-corrected chi connectivity index (χ0v) is 10.6. The summed E-state index contributed by atoms with van der Waals surface area (Å²) >= 11 is 0. The lowest BCUT2D eigenvalue weighted by atomic mass is 10.1. The third-order valence-electron chi connectivity index (χ3n) is 3.27. The number of aliphatic hydroxyl groups is 1. The molecule has 1 fully saturated rings. The van der Waals surface area contributed by atoms with Gasteiger partial charge in [0.05, 0.1) is 18.8 Å². The minimum atomic E-state index is -0.289. The van der Waals surface area contributed by atoms with Crippen molar-refractivity contribution in [3.63, 3.8) is 0 Å². The average Bonchev–Trinajstić information content (AvgIpc) is 2.81. The SMILES string of the molecule is CC1CCN(Cc2ccco2)C(=O)C(CCO)N1. The Kier molecular flexibility index (Phi) is 4.38. The summed E-state index contributed by atoms with van der Waals surface area (Å²) in [5.74, 6) is 0.838. The van der Waals surface area contributed by atoms with Gasteiger partial charge in [-0.15, -0.1) is 0 Å². The third-order valence-corrected chi connectivity index (χ3v) is 3.27. The van der Waals surface area contributed by atoms with Crippen molar-refractivity contribution in [3.8, 4) is 0 Å². The van der Waals surface area contributed by atoms with Gasteiger partial charge >= 0.3 is 0 Å². The van der Waals surface area contributed by atoms with Gasteiger partial charge in [-0.05, 0) is 31.9 Å². The zero-order chi connectivity index (χ0) is 13.0. The highest BCUT2D eigenvalue weighted by atomic mass is 16.3. The highest BCUT2D eigenvalue weighted by Crippen LogP contribution is 2.13. The lowest BCUT2D eigenvalue weighted by Crippen LogP contribution is -2.45. The van der Waals surface area contributed by atoms with E-state index < -0.39 is 0 Å². The molecule has 0 aliphatic carbocycles. The number of amides is 1. The molecule has 2 atom stereocenters. The summed E-state index contributed by atoms with van der Waals surface area (Å²) in [4.78, 5) is 14.1. The fourth-order valence-electron chi connectivity index (χ4n) is 2.26. The number of furan rings is 1. The summed E-state index contributed by atoms with van der Waals surface area (Å²) in [5.41, 5.74) is 0. The largest absolute Gasteiger partial charge is 0.467 e. The Morgan fingerprint density at radius 1 is 1.61 bits per heavy atom. The predicted molar refractivity (Wildman–Crippen MR) is 66.8 cm³/mol. The molecular formula is C13H20N2O3. The van der Waals surface area contributed by atoms with Gasteiger partial charge in [0.1, 0.15) is 5.76 Å². The van der Waals surface area contributed by atoms with E-state index >= 15 is 0 Å². The molecule has 1 aliphatic rings. The van der Waals surface area contributed by atoms with Crippen LogP contribution in [0, 0.1) is 0 Å². The van der Waals surface area contributed by atoms with Crippen molar-refractivity contribution in [1.82, 2.24) is 10.2 Å². The second-order valence-corrected chi connectivity index (χ2v) is 4.76. The molecule has 0 radical (unpaired) electrons. The first-order valence-corrected chi connectivity index (χ1v) is 6.39. The predicted octanol–water partition coefficient (Wildman–Crippen LogP) is 0.741. The number of carbonyl (C=O) groups is 1. The van der Waals surface area contributed by atoms with Crippen molar-refractivity contribution in [2.75, 3.05) is 13.2 Å². The molecule has 1 aliphatic heterocycles. The van der Waals surface area contributed by atoms with Crippen LogP contribution in [0.25, 0.3) is 0 Å². The van der Waals surface area contributed by atoms with Crippen molar-refractivity contribution in [3.05, 3.63) is 24.2 Å². The fraction of sp³-hybridized carbons (Fsp3) is 0.615. The maximum atomic E-state index is 12.3. The zero-order valence-electron chi connectivity index (χ0n) is 10.6. The Morgan fingerprint density at radius 2 is 2.44 bits per heavy atom. The molecular weight excluding hydrogens is 232 g/mol. The maximum Gasteiger partial charge on any atom is 0.240 e. The highest BCUT2D eigenvalue weighted by Gasteiger charge is 2.29. The van der Waals surface area contributed by atoms with E-state index in [1.807, 2.05) is 12.1 Å². The molecule has 5 nitrogen and oxygen atoms in total. The van der Waals surface area contributed by atoms with E-state index in [0.717, 1.165) is 18.7 Å². The molecule has 2 N–H and O–H groups in total. The molecule has 2 heterocycles. The fourth-order valence-corrected chi connectivity index (χ4v) is 2.26. The van der Waals surface area contributed by atoms with Crippen LogP contribution < -0.4 is 5.32 Å². The molecule has 2 unspecified atom stereocenters. The Morgan fingerprint density at radius 3 is 3.11 bits per heavy atom. The second kappa shape index (κ2) is 6.02. The monoisotopic (exact) mass is 252 g/mol. The molecule has 100 valence electrons. The molecule has 0 aromatic carbocycles. The number of nitrogens with zero attached hydrogens (tertiary/aromatic N) is 1. The smallest absolute Gasteiger partial charge is 0.240 e. The van der Waals surface area contributed by atoms with Crippen LogP contribution >= 0.6 is 0 Å². The van der Waals surface area contributed by atoms with Crippen LogP contribution in [0.3, 0.4) is 0 Å². The summed E-state index contributed by atoms with van der Waals surface area (Å²) in [7, 11) is 0. The molecule has 18 heavy (non-hydrogen) atoms. The Labute approximate surface area is 107 Å². The average molecular weight is 252 g/mol. The lowest BCUT2D eigenvalue weighted by molar-refractivity contribution is -0.133. The molecule has 1 aromatic heterocycles. The summed E-state index contributed by atoms with van der Waals surface area (Å²) in [6, 6.07) is 3.69. The van der Waals surface area contributed by atoms with Crippen molar-refractivity contribution in [2.24, 2.45) is 0 Å². The Bertz CT molecular complexity index is 378. The number of carbonyl (C=O) groups excluding carboxylic acids is 1. The van der Waals surface area contributed by atoms with Gasteiger partial charge in [0.2, 0.25) is 5.91 Å². The number of hydrogen-bond donors (Lipinski definition) is 2. The molecule has 5 heteroatoms. The number of hydrogen-bond acceptors (Lipinski definition) is 4. The molecule has 1 aromatic rings. The van der Waals surface area contributed by atoms with Crippen molar-refractivity contribution < 1.29 is 14.3 Å². The normalized spacial score (nSPS) is 25.2. The summed E-state index contributed by atoms with van der Waals surface area (Å²) in [6.45, 7) is 3.30. The van der Waals surface area contributed by atoms with E-state index in [0.29, 0.717) is 13.0 Å².